The molecule has 0 aliphatic carbocycles. The molecule has 0 radical (unpaired) electrons. The Bertz CT molecular complexity index is 685. The minimum absolute atomic E-state index is 0.00779. The Balaban J connectivity index is 2.24. The third kappa shape index (κ3) is 4.20. The predicted molar refractivity (Wildman–Crippen MR) is 92.9 cm³/mol. The Hall–Kier alpha value is -2.14. The molecule has 1 amide bonds. The quantitative estimate of drug-likeness (QED) is 0.823. The topological polar surface area (TPSA) is 77.2 Å². The van der Waals surface area contributed by atoms with Crippen molar-refractivity contribution in [1.29, 1.82) is 0 Å². The summed E-state index contributed by atoms with van der Waals surface area (Å²) in [4.78, 5) is 17.1. The van der Waals surface area contributed by atoms with Crippen LogP contribution in [0.2, 0.25) is 0 Å². The van der Waals surface area contributed by atoms with Gasteiger partial charge >= 0.3 is 0 Å². The van der Waals surface area contributed by atoms with Crippen LogP contribution < -0.4 is 15.8 Å². The number of amides is 1. The SMILES string of the molecule is CCCCC(CN)NC(=O)c1cc2ccc(OC)cc2nc1C. The van der Waals surface area contributed by atoms with E-state index < -0.39 is 0 Å². The number of unbranched alkanes of at least 4 members (excludes halogenated alkanes) is 1. The van der Waals surface area contributed by atoms with Gasteiger partial charge in [0.15, 0.2) is 0 Å². The predicted octanol–water partition coefficient (Wildman–Crippen LogP) is 2.80. The molecule has 2 aromatic rings. The van der Waals surface area contributed by atoms with Crippen LogP contribution in [0.15, 0.2) is 24.3 Å². The minimum atomic E-state index is -0.112. The zero-order chi connectivity index (χ0) is 16.8. The lowest BCUT2D eigenvalue weighted by molar-refractivity contribution is 0.0935. The number of hydrogen-bond acceptors (Lipinski definition) is 4. The number of nitrogens with one attached hydrogen (secondary N) is 1. The van der Waals surface area contributed by atoms with E-state index in [4.69, 9.17) is 10.5 Å². The number of methoxy groups -OCH3 is 1. The molecule has 0 fully saturated rings. The summed E-state index contributed by atoms with van der Waals surface area (Å²) in [6, 6.07) is 7.53. The zero-order valence-electron chi connectivity index (χ0n) is 14.1. The fourth-order valence-corrected chi connectivity index (χ4v) is 2.56. The van der Waals surface area contributed by atoms with Crippen molar-refractivity contribution in [2.24, 2.45) is 5.73 Å². The average Bonchev–Trinajstić information content (AvgIpc) is 2.57. The molecular weight excluding hydrogens is 290 g/mol. The maximum Gasteiger partial charge on any atom is 0.253 e. The lowest BCUT2D eigenvalue weighted by Crippen LogP contribution is -2.40. The fraction of sp³-hybridized carbons (Fsp3) is 0.444. The van der Waals surface area contributed by atoms with Crippen molar-refractivity contribution in [2.75, 3.05) is 13.7 Å². The Morgan fingerprint density at radius 3 is 2.83 bits per heavy atom. The number of hydrogen-bond donors (Lipinski definition) is 2. The van der Waals surface area contributed by atoms with Gasteiger partial charge in [-0.15, -0.1) is 0 Å². The number of benzene rings is 1. The molecule has 0 aliphatic heterocycles. The largest absolute Gasteiger partial charge is 0.497 e. The second-order valence-corrected chi connectivity index (χ2v) is 5.73. The van der Waals surface area contributed by atoms with E-state index in [1.165, 1.54) is 0 Å². The number of nitrogens with zero attached hydrogens (tertiary/aromatic N) is 1. The van der Waals surface area contributed by atoms with Crippen LogP contribution in [0, 0.1) is 6.92 Å². The summed E-state index contributed by atoms with van der Waals surface area (Å²) in [6.07, 6.45) is 3.04. The average molecular weight is 315 g/mol. The maximum absolute atomic E-state index is 12.5. The number of pyridine rings is 1. The summed E-state index contributed by atoms with van der Waals surface area (Å²) in [5.41, 5.74) is 7.87. The van der Waals surface area contributed by atoms with Gasteiger partial charge in [0.1, 0.15) is 5.75 Å². The van der Waals surface area contributed by atoms with Gasteiger partial charge in [-0.25, -0.2) is 0 Å². The maximum atomic E-state index is 12.5. The molecule has 3 N–H and O–H groups in total. The number of carbonyl (C=O) groups excluding carboxylic acids is 1. The van der Waals surface area contributed by atoms with Crippen LogP contribution in [0.4, 0.5) is 0 Å². The fourth-order valence-electron chi connectivity index (χ4n) is 2.56. The number of rotatable bonds is 7. The number of nitrogens with two attached hydrogens (primary N) is 1. The van der Waals surface area contributed by atoms with E-state index in [1.807, 2.05) is 31.2 Å². The van der Waals surface area contributed by atoms with Crippen LogP contribution in [0.3, 0.4) is 0 Å². The second-order valence-electron chi connectivity index (χ2n) is 5.73. The van der Waals surface area contributed by atoms with Crippen LogP contribution in [-0.4, -0.2) is 30.6 Å². The van der Waals surface area contributed by atoms with Crippen molar-refractivity contribution in [1.82, 2.24) is 10.3 Å². The Morgan fingerprint density at radius 1 is 1.39 bits per heavy atom. The van der Waals surface area contributed by atoms with Gasteiger partial charge in [-0.05, 0) is 31.5 Å². The first-order chi connectivity index (χ1) is 11.1. The molecule has 1 aromatic carbocycles. The van der Waals surface area contributed by atoms with Crippen molar-refractivity contribution >= 4 is 16.8 Å². The summed E-state index contributed by atoms with van der Waals surface area (Å²) in [7, 11) is 1.62. The van der Waals surface area contributed by atoms with E-state index in [0.29, 0.717) is 17.8 Å². The highest BCUT2D eigenvalue weighted by atomic mass is 16.5. The van der Waals surface area contributed by atoms with Gasteiger partial charge in [-0.1, -0.05) is 19.8 Å². The molecule has 2 rings (SSSR count). The molecule has 124 valence electrons. The summed E-state index contributed by atoms with van der Waals surface area (Å²) < 4.78 is 5.21. The summed E-state index contributed by atoms with van der Waals surface area (Å²) in [5, 5.41) is 3.93. The number of ether oxygens (including phenoxy) is 1. The molecule has 0 saturated carbocycles. The van der Waals surface area contributed by atoms with Crippen LogP contribution in [-0.2, 0) is 0 Å². The smallest absolute Gasteiger partial charge is 0.253 e. The summed E-state index contributed by atoms with van der Waals surface area (Å²) in [5.74, 6) is 0.642. The van der Waals surface area contributed by atoms with Crippen LogP contribution in [0.5, 0.6) is 5.75 Å². The Labute approximate surface area is 137 Å². The highest BCUT2D eigenvalue weighted by Gasteiger charge is 2.15. The van der Waals surface area contributed by atoms with Crippen LogP contribution in [0.1, 0.15) is 42.2 Å². The van der Waals surface area contributed by atoms with Crippen molar-refractivity contribution in [2.45, 2.75) is 39.2 Å². The van der Waals surface area contributed by atoms with Crippen molar-refractivity contribution < 1.29 is 9.53 Å². The molecule has 23 heavy (non-hydrogen) atoms. The molecule has 0 bridgehead atoms. The molecule has 0 aliphatic rings. The monoisotopic (exact) mass is 315 g/mol. The third-order valence-electron chi connectivity index (χ3n) is 3.99. The van der Waals surface area contributed by atoms with Gasteiger partial charge in [0.05, 0.1) is 23.9 Å². The molecule has 5 heteroatoms. The van der Waals surface area contributed by atoms with Crippen molar-refractivity contribution in [3.63, 3.8) is 0 Å². The van der Waals surface area contributed by atoms with E-state index >= 15 is 0 Å². The normalized spacial score (nSPS) is 12.2. The first-order valence-corrected chi connectivity index (χ1v) is 8.05. The molecule has 0 saturated heterocycles. The van der Waals surface area contributed by atoms with Gasteiger partial charge in [-0.3, -0.25) is 9.78 Å². The lowest BCUT2D eigenvalue weighted by atomic mass is 10.1. The van der Waals surface area contributed by atoms with Gasteiger partial charge in [0, 0.05) is 24.0 Å². The molecule has 5 nitrogen and oxygen atoms in total. The van der Waals surface area contributed by atoms with Crippen molar-refractivity contribution in [3.8, 4) is 5.75 Å². The van der Waals surface area contributed by atoms with E-state index in [0.717, 1.165) is 35.9 Å². The molecule has 1 atom stereocenters. The Morgan fingerprint density at radius 2 is 2.17 bits per heavy atom. The van der Waals surface area contributed by atoms with Gasteiger partial charge in [-0.2, -0.15) is 0 Å². The Kier molecular flexibility index (Phi) is 5.93. The van der Waals surface area contributed by atoms with E-state index in [-0.39, 0.29) is 11.9 Å². The van der Waals surface area contributed by atoms with Gasteiger partial charge in [0.25, 0.3) is 5.91 Å². The molecule has 1 heterocycles. The molecule has 1 aromatic heterocycles. The van der Waals surface area contributed by atoms with Crippen LogP contribution in [0.25, 0.3) is 10.9 Å². The van der Waals surface area contributed by atoms with Crippen LogP contribution >= 0.6 is 0 Å². The standard InChI is InChI=1S/C18H25N3O2/c1-4-5-6-14(11-19)21-18(22)16-9-13-7-8-15(23-3)10-17(13)20-12(16)2/h7-10,14H,4-6,11,19H2,1-3H3,(H,21,22). The zero-order valence-corrected chi connectivity index (χ0v) is 14.1. The third-order valence-corrected chi connectivity index (χ3v) is 3.99. The highest BCUT2D eigenvalue weighted by molar-refractivity contribution is 5.98. The number of aryl methyl sites for hydroxylation is 1. The molecular formula is C18H25N3O2. The summed E-state index contributed by atoms with van der Waals surface area (Å²) >= 11 is 0. The number of aromatic nitrogens is 1. The second kappa shape index (κ2) is 7.92. The first-order valence-electron chi connectivity index (χ1n) is 8.05. The number of fused-ring (bicyclic) bond motifs is 1. The van der Waals surface area contributed by atoms with E-state index in [2.05, 4.69) is 17.2 Å². The number of carbonyl (C=O) groups is 1. The first kappa shape index (κ1) is 17.2. The van der Waals surface area contributed by atoms with Gasteiger partial charge in [0.2, 0.25) is 0 Å². The summed E-state index contributed by atoms with van der Waals surface area (Å²) in [6.45, 7) is 4.42. The minimum Gasteiger partial charge on any atom is -0.497 e. The molecule has 0 spiro atoms. The van der Waals surface area contributed by atoms with E-state index in [9.17, 15) is 4.79 Å². The molecule has 1 unspecified atom stereocenters. The lowest BCUT2D eigenvalue weighted by Gasteiger charge is -2.17. The van der Waals surface area contributed by atoms with E-state index in [1.54, 1.807) is 7.11 Å². The van der Waals surface area contributed by atoms with Gasteiger partial charge < -0.3 is 15.8 Å². The van der Waals surface area contributed by atoms with Crippen molar-refractivity contribution in [3.05, 3.63) is 35.5 Å². The highest BCUT2D eigenvalue weighted by Crippen LogP contribution is 2.21.